The van der Waals surface area contributed by atoms with Gasteiger partial charge in [0.1, 0.15) is 11.5 Å². The molecule has 174 valence electrons. The van der Waals surface area contributed by atoms with E-state index in [-0.39, 0.29) is 17.2 Å². The summed E-state index contributed by atoms with van der Waals surface area (Å²) < 4.78 is 45.1. The molecule has 0 aliphatic carbocycles. The van der Waals surface area contributed by atoms with E-state index in [9.17, 15) is 22.8 Å². The average Bonchev–Trinajstić information content (AvgIpc) is 3.24. The van der Waals surface area contributed by atoms with Gasteiger partial charge in [-0.25, -0.2) is 4.79 Å². The number of carboxylic acid groups (broad SMARTS) is 1. The van der Waals surface area contributed by atoms with Gasteiger partial charge in [0.25, 0.3) is 5.91 Å². The van der Waals surface area contributed by atoms with Crippen LogP contribution >= 0.6 is 11.3 Å². The summed E-state index contributed by atoms with van der Waals surface area (Å²) in [6.07, 6.45) is -4.44. The van der Waals surface area contributed by atoms with Crippen molar-refractivity contribution in [1.82, 2.24) is 5.32 Å². The molecule has 34 heavy (non-hydrogen) atoms. The van der Waals surface area contributed by atoms with Crippen molar-refractivity contribution in [2.75, 3.05) is 0 Å². The second kappa shape index (κ2) is 9.18. The van der Waals surface area contributed by atoms with Crippen LogP contribution in [0.3, 0.4) is 0 Å². The molecule has 1 amide bonds. The Hall–Kier alpha value is -3.85. The summed E-state index contributed by atoms with van der Waals surface area (Å²) in [5.74, 6) is -0.829. The van der Waals surface area contributed by atoms with Crippen molar-refractivity contribution in [2.45, 2.75) is 19.1 Å². The van der Waals surface area contributed by atoms with Gasteiger partial charge < -0.3 is 15.2 Å². The number of benzene rings is 3. The van der Waals surface area contributed by atoms with E-state index in [0.29, 0.717) is 16.7 Å². The number of amides is 1. The zero-order valence-corrected chi connectivity index (χ0v) is 18.5. The Bertz CT molecular complexity index is 1350. The SMILES string of the molecule is CC(NC(=O)c1csc2cccc(Oc3ccc(C(F)(F)F)cc3)c12)c1ccc(C(=O)O)cc1. The van der Waals surface area contributed by atoms with E-state index in [1.54, 1.807) is 36.6 Å². The van der Waals surface area contributed by atoms with Gasteiger partial charge in [-0.2, -0.15) is 13.2 Å². The highest BCUT2D eigenvalue weighted by Gasteiger charge is 2.30. The number of carboxylic acids is 1. The zero-order valence-electron chi connectivity index (χ0n) is 17.7. The number of nitrogens with one attached hydrogen (secondary N) is 1. The molecule has 4 rings (SSSR count). The van der Waals surface area contributed by atoms with E-state index in [0.717, 1.165) is 22.4 Å². The van der Waals surface area contributed by atoms with E-state index in [1.165, 1.54) is 35.6 Å². The largest absolute Gasteiger partial charge is 0.478 e. The summed E-state index contributed by atoms with van der Waals surface area (Å²) in [7, 11) is 0. The molecule has 0 aliphatic rings. The Balaban J connectivity index is 1.57. The first-order chi connectivity index (χ1) is 16.1. The number of hydrogen-bond donors (Lipinski definition) is 2. The minimum atomic E-state index is -4.44. The van der Waals surface area contributed by atoms with Crippen molar-refractivity contribution in [2.24, 2.45) is 0 Å². The molecule has 0 aliphatic heterocycles. The van der Waals surface area contributed by atoms with Crippen LogP contribution < -0.4 is 10.1 Å². The minimum Gasteiger partial charge on any atom is -0.478 e. The zero-order chi connectivity index (χ0) is 24.5. The molecule has 0 fully saturated rings. The van der Waals surface area contributed by atoms with Gasteiger partial charge in [0.05, 0.1) is 22.7 Å². The van der Waals surface area contributed by atoms with E-state index < -0.39 is 23.8 Å². The quantitative estimate of drug-likeness (QED) is 0.311. The maximum Gasteiger partial charge on any atom is 0.416 e. The third-order valence-electron chi connectivity index (χ3n) is 5.22. The third kappa shape index (κ3) is 4.89. The van der Waals surface area contributed by atoms with Crippen molar-refractivity contribution in [3.63, 3.8) is 0 Å². The molecule has 9 heteroatoms. The molecule has 1 unspecified atom stereocenters. The number of hydrogen-bond acceptors (Lipinski definition) is 4. The lowest BCUT2D eigenvalue weighted by atomic mass is 10.1. The lowest BCUT2D eigenvalue weighted by Crippen LogP contribution is -2.26. The van der Waals surface area contributed by atoms with Crippen LogP contribution in [0.5, 0.6) is 11.5 Å². The highest BCUT2D eigenvalue weighted by Crippen LogP contribution is 2.37. The second-order valence-corrected chi connectivity index (χ2v) is 8.44. The smallest absolute Gasteiger partial charge is 0.416 e. The van der Waals surface area contributed by atoms with Gasteiger partial charge in [-0.3, -0.25) is 4.79 Å². The first kappa shape index (κ1) is 23.3. The van der Waals surface area contributed by atoms with Gasteiger partial charge in [-0.15, -0.1) is 11.3 Å². The number of ether oxygens (including phenoxy) is 1. The lowest BCUT2D eigenvalue weighted by molar-refractivity contribution is -0.137. The predicted octanol–water partition coefficient (Wildman–Crippen LogP) is 6.90. The molecule has 0 radical (unpaired) electrons. The van der Waals surface area contributed by atoms with E-state index >= 15 is 0 Å². The molecule has 1 heterocycles. The molecular weight excluding hydrogens is 467 g/mol. The molecule has 0 saturated carbocycles. The Kier molecular flexibility index (Phi) is 6.30. The van der Waals surface area contributed by atoms with Crippen LogP contribution in [0.25, 0.3) is 10.1 Å². The van der Waals surface area contributed by atoms with Gasteiger partial charge in [0.2, 0.25) is 0 Å². The number of alkyl halides is 3. The third-order valence-corrected chi connectivity index (χ3v) is 6.17. The van der Waals surface area contributed by atoms with Gasteiger partial charge in [0, 0.05) is 15.5 Å². The number of aromatic carboxylic acids is 1. The molecule has 3 aromatic carbocycles. The number of halogens is 3. The highest BCUT2D eigenvalue weighted by atomic mass is 32.1. The number of fused-ring (bicyclic) bond motifs is 1. The predicted molar refractivity (Wildman–Crippen MR) is 123 cm³/mol. The summed E-state index contributed by atoms with van der Waals surface area (Å²) in [5.41, 5.74) is 0.478. The molecule has 2 N–H and O–H groups in total. The number of carbonyl (C=O) groups is 2. The van der Waals surface area contributed by atoms with Crippen LogP contribution in [-0.4, -0.2) is 17.0 Å². The fourth-order valence-electron chi connectivity index (χ4n) is 3.42. The van der Waals surface area contributed by atoms with Gasteiger partial charge in [-0.1, -0.05) is 18.2 Å². The van der Waals surface area contributed by atoms with E-state index in [4.69, 9.17) is 9.84 Å². The Morgan fingerprint density at radius 3 is 2.29 bits per heavy atom. The van der Waals surface area contributed by atoms with Crippen LogP contribution in [0.15, 0.2) is 72.1 Å². The number of rotatable bonds is 6. The minimum absolute atomic E-state index is 0.149. The molecule has 4 aromatic rings. The van der Waals surface area contributed by atoms with Crippen LogP contribution in [0.4, 0.5) is 13.2 Å². The summed E-state index contributed by atoms with van der Waals surface area (Å²) >= 11 is 1.35. The summed E-state index contributed by atoms with van der Waals surface area (Å²) in [6, 6.07) is 15.4. The standard InChI is InChI=1S/C25H18F3NO4S/c1-14(15-5-7-16(8-6-15)24(31)32)29-23(30)19-13-34-21-4-2-3-20(22(19)21)33-18-11-9-17(10-12-18)25(26,27)28/h2-14H,1H3,(H,29,30)(H,31,32). The molecule has 0 spiro atoms. The van der Waals surface area contributed by atoms with Gasteiger partial charge in [0.15, 0.2) is 0 Å². The molecule has 0 saturated heterocycles. The monoisotopic (exact) mass is 485 g/mol. The Labute approximate surface area is 196 Å². The van der Waals surface area contributed by atoms with Crippen LogP contribution in [-0.2, 0) is 6.18 Å². The summed E-state index contributed by atoms with van der Waals surface area (Å²) in [6.45, 7) is 1.78. The molecule has 1 aromatic heterocycles. The second-order valence-electron chi connectivity index (χ2n) is 7.53. The van der Waals surface area contributed by atoms with Gasteiger partial charge >= 0.3 is 12.1 Å². The van der Waals surface area contributed by atoms with Crippen molar-refractivity contribution in [1.29, 1.82) is 0 Å². The molecule has 5 nitrogen and oxygen atoms in total. The fourth-order valence-corrected chi connectivity index (χ4v) is 4.37. The van der Waals surface area contributed by atoms with Crippen LogP contribution in [0.1, 0.15) is 44.8 Å². The Morgan fingerprint density at radius 2 is 1.68 bits per heavy atom. The number of carbonyl (C=O) groups excluding carboxylic acids is 1. The maximum absolute atomic E-state index is 13.1. The topological polar surface area (TPSA) is 75.6 Å². The Morgan fingerprint density at radius 1 is 1.00 bits per heavy atom. The van der Waals surface area contributed by atoms with Gasteiger partial charge in [-0.05, 0) is 61.0 Å². The molecule has 1 atom stereocenters. The van der Waals surface area contributed by atoms with Crippen LogP contribution in [0, 0.1) is 0 Å². The first-order valence-electron chi connectivity index (χ1n) is 10.1. The van der Waals surface area contributed by atoms with Crippen molar-refractivity contribution in [3.8, 4) is 11.5 Å². The van der Waals surface area contributed by atoms with Crippen molar-refractivity contribution >= 4 is 33.3 Å². The maximum atomic E-state index is 13.1. The first-order valence-corrected chi connectivity index (χ1v) is 11.0. The normalized spacial score (nSPS) is 12.4. The van der Waals surface area contributed by atoms with Crippen molar-refractivity contribution < 1.29 is 32.6 Å². The lowest BCUT2D eigenvalue weighted by Gasteiger charge is -2.15. The van der Waals surface area contributed by atoms with E-state index in [2.05, 4.69) is 5.32 Å². The number of thiophene rings is 1. The molecule has 0 bridgehead atoms. The summed E-state index contributed by atoms with van der Waals surface area (Å²) in [5, 5.41) is 14.2. The van der Waals surface area contributed by atoms with Crippen LogP contribution in [0.2, 0.25) is 0 Å². The van der Waals surface area contributed by atoms with E-state index in [1.807, 2.05) is 6.07 Å². The summed E-state index contributed by atoms with van der Waals surface area (Å²) in [4.78, 5) is 24.1. The highest BCUT2D eigenvalue weighted by molar-refractivity contribution is 7.17. The van der Waals surface area contributed by atoms with Crippen molar-refractivity contribution in [3.05, 3.63) is 94.4 Å². The fraction of sp³-hybridized carbons (Fsp3) is 0.120. The average molecular weight is 485 g/mol. The molecular formula is C25H18F3NO4S.